The van der Waals surface area contributed by atoms with Crippen LogP contribution in [0.4, 0.5) is 14.6 Å². The Labute approximate surface area is 164 Å². The third-order valence-corrected chi connectivity index (χ3v) is 5.59. The second kappa shape index (κ2) is 7.67. The molecule has 0 radical (unpaired) electrons. The summed E-state index contributed by atoms with van der Waals surface area (Å²) in [6.07, 6.45) is 1.56. The minimum Gasteiger partial charge on any atom is -0.434 e. The molecule has 0 unspecified atom stereocenters. The lowest BCUT2D eigenvalue weighted by Crippen LogP contribution is -2.49. The second-order valence-electron chi connectivity index (χ2n) is 6.43. The highest BCUT2D eigenvalue weighted by Gasteiger charge is 2.26. The highest BCUT2D eigenvalue weighted by atomic mass is 32.1. The van der Waals surface area contributed by atoms with Gasteiger partial charge in [0.2, 0.25) is 0 Å². The summed E-state index contributed by atoms with van der Waals surface area (Å²) < 4.78 is 29.7. The number of thiophene rings is 1. The number of ether oxygens (including phenoxy) is 1. The zero-order valence-corrected chi connectivity index (χ0v) is 16.0. The van der Waals surface area contributed by atoms with Gasteiger partial charge in [-0.25, -0.2) is 9.97 Å². The van der Waals surface area contributed by atoms with Gasteiger partial charge in [-0.05, 0) is 25.1 Å². The Morgan fingerprint density at radius 2 is 1.93 bits per heavy atom. The third kappa shape index (κ3) is 3.62. The fourth-order valence-electron chi connectivity index (χ4n) is 3.35. The molecule has 4 rings (SSSR count). The molecule has 28 heavy (non-hydrogen) atoms. The molecule has 0 spiro atoms. The Morgan fingerprint density at radius 3 is 2.68 bits per heavy atom. The first-order chi connectivity index (χ1) is 13.5. The van der Waals surface area contributed by atoms with Crippen molar-refractivity contribution in [3.05, 3.63) is 47.1 Å². The molecular formula is C19H18F2N4O2S. The van der Waals surface area contributed by atoms with Gasteiger partial charge < -0.3 is 14.5 Å². The third-order valence-electron chi connectivity index (χ3n) is 4.63. The van der Waals surface area contributed by atoms with Crippen LogP contribution in [0, 0.1) is 6.92 Å². The lowest BCUT2D eigenvalue weighted by Gasteiger charge is -2.35. The van der Waals surface area contributed by atoms with Crippen molar-refractivity contribution in [1.82, 2.24) is 14.9 Å². The molecule has 1 aromatic carbocycles. The number of anilines is 1. The van der Waals surface area contributed by atoms with Gasteiger partial charge in [-0.3, -0.25) is 4.79 Å². The summed E-state index contributed by atoms with van der Waals surface area (Å²) in [5.41, 5.74) is 0.147. The fraction of sp³-hybridized carbons (Fsp3) is 0.316. The highest BCUT2D eigenvalue weighted by Crippen LogP contribution is 2.30. The van der Waals surface area contributed by atoms with E-state index in [1.807, 2.05) is 6.92 Å². The van der Waals surface area contributed by atoms with E-state index in [0.717, 1.165) is 16.0 Å². The number of halogens is 2. The topological polar surface area (TPSA) is 58.6 Å². The van der Waals surface area contributed by atoms with Crippen LogP contribution >= 0.6 is 11.3 Å². The van der Waals surface area contributed by atoms with Gasteiger partial charge in [-0.1, -0.05) is 12.1 Å². The first-order valence-electron chi connectivity index (χ1n) is 8.82. The van der Waals surface area contributed by atoms with Gasteiger partial charge >= 0.3 is 6.61 Å². The van der Waals surface area contributed by atoms with E-state index in [0.29, 0.717) is 26.2 Å². The van der Waals surface area contributed by atoms with Gasteiger partial charge in [0.15, 0.2) is 0 Å². The van der Waals surface area contributed by atoms with Crippen molar-refractivity contribution in [2.75, 3.05) is 31.1 Å². The summed E-state index contributed by atoms with van der Waals surface area (Å²) in [6.45, 7) is 1.20. The molecule has 1 saturated heterocycles. The van der Waals surface area contributed by atoms with Crippen molar-refractivity contribution in [2.45, 2.75) is 13.5 Å². The molecule has 3 aromatic rings. The number of rotatable bonds is 4. The van der Waals surface area contributed by atoms with Crippen LogP contribution in [0.25, 0.3) is 10.2 Å². The number of benzene rings is 1. The Bertz CT molecular complexity index is 1000. The lowest BCUT2D eigenvalue weighted by molar-refractivity contribution is -0.0502. The fourth-order valence-corrected chi connectivity index (χ4v) is 4.19. The van der Waals surface area contributed by atoms with Crippen LogP contribution in [0.1, 0.15) is 15.2 Å². The molecule has 0 bridgehead atoms. The average molecular weight is 404 g/mol. The van der Waals surface area contributed by atoms with Crippen LogP contribution in [0.15, 0.2) is 36.7 Å². The molecule has 1 fully saturated rings. The zero-order chi connectivity index (χ0) is 19.7. The summed E-state index contributed by atoms with van der Waals surface area (Å²) >= 11 is 1.62. The largest absolute Gasteiger partial charge is 0.434 e. The molecule has 146 valence electrons. The molecular weight excluding hydrogens is 386 g/mol. The number of alkyl halides is 2. The number of aryl methyl sites for hydroxylation is 1. The first-order valence-corrected chi connectivity index (χ1v) is 9.64. The van der Waals surface area contributed by atoms with Crippen LogP contribution in [-0.2, 0) is 0 Å². The van der Waals surface area contributed by atoms with Gasteiger partial charge in [0.1, 0.15) is 22.7 Å². The van der Waals surface area contributed by atoms with Gasteiger partial charge in [-0.15, -0.1) is 11.3 Å². The minimum atomic E-state index is -2.97. The molecule has 9 heteroatoms. The number of aromatic nitrogens is 2. The van der Waals surface area contributed by atoms with Gasteiger partial charge in [0, 0.05) is 31.1 Å². The van der Waals surface area contributed by atoms with E-state index >= 15 is 0 Å². The smallest absolute Gasteiger partial charge is 0.387 e. The van der Waals surface area contributed by atoms with Crippen LogP contribution in [0.3, 0.4) is 0 Å². The Kier molecular flexibility index (Phi) is 5.08. The summed E-state index contributed by atoms with van der Waals surface area (Å²) in [6, 6.07) is 8.17. The zero-order valence-electron chi connectivity index (χ0n) is 15.1. The van der Waals surface area contributed by atoms with E-state index < -0.39 is 6.61 Å². The summed E-state index contributed by atoms with van der Waals surface area (Å²) in [5.74, 6) is 0.453. The van der Waals surface area contributed by atoms with E-state index in [4.69, 9.17) is 0 Å². The van der Waals surface area contributed by atoms with Crippen molar-refractivity contribution in [3.8, 4) is 5.75 Å². The number of carbonyl (C=O) groups excluding carboxylic acids is 1. The van der Waals surface area contributed by atoms with Gasteiger partial charge in [0.25, 0.3) is 5.91 Å². The van der Waals surface area contributed by atoms with Crippen LogP contribution in [0.5, 0.6) is 5.75 Å². The highest BCUT2D eigenvalue weighted by molar-refractivity contribution is 7.18. The normalized spacial score (nSPS) is 14.7. The minimum absolute atomic E-state index is 0.101. The monoisotopic (exact) mass is 404 g/mol. The summed E-state index contributed by atoms with van der Waals surface area (Å²) in [4.78, 5) is 27.5. The van der Waals surface area contributed by atoms with Gasteiger partial charge in [-0.2, -0.15) is 8.78 Å². The van der Waals surface area contributed by atoms with Crippen LogP contribution in [-0.4, -0.2) is 53.6 Å². The van der Waals surface area contributed by atoms with E-state index in [1.165, 1.54) is 17.0 Å². The summed E-state index contributed by atoms with van der Waals surface area (Å²) in [5, 5.41) is 1.01. The SMILES string of the molecule is Cc1cc2c(N3CCN(C(=O)c4ccccc4OC(F)F)CC3)ncnc2s1. The van der Waals surface area contributed by atoms with E-state index in [1.54, 1.807) is 34.7 Å². The Balaban J connectivity index is 1.49. The number of carbonyl (C=O) groups is 1. The standard InChI is InChI=1S/C19H18F2N4O2S/c1-12-10-14-16(22-11-23-17(14)28-12)24-6-8-25(9-7-24)18(26)13-4-2-3-5-15(13)27-19(20)21/h2-5,10-11,19H,6-9H2,1H3. The summed E-state index contributed by atoms with van der Waals surface area (Å²) in [7, 11) is 0. The maximum absolute atomic E-state index is 12.8. The van der Waals surface area contributed by atoms with Crippen molar-refractivity contribution in [3.63, 3.8) is 0 Å². The van der Waals surface area contributed by atoms with Crippen LogP contribution < -0.4 is 9.64 Å². The van der Waals surface area contributed by atoms with Crippen molar-refractivity contribution in [2.24, 2.45) is 0 Å². The maximum Gasteiger partial charge on any atom is 0.387 e. The van der Waals surface area contributed by atoms with Crippen molar-refractivity contribution in [1.29, 1.82) is 0 Å². The molecule has 3 heterocycles. The molecule has 0 saturated carbocycles. The Morgan fingerprint density at radius 1 is 1.18 bits per heavy atom. The number of piperazine rings is 1. The van der Waals surface area contributed by atoms with Crippen LogP contribution in [0.2, 0.25) is 0 Å². The number of nitrogens with zero attached hydrogens (tertiary/aromatic N) is 4. The number of amides is 1. The van der Waals surface area contributed by atoms with Gasteiger partial charge in [0.05, 0.1) is 10.9 Å². The van der Waals surface area contributed by atoms with Crippen molar-refractivity contribution >= 4 is 33.3 Å². The number of fused-ring (bicyclic) bond motifs is 1. The number of hydrogen-bond donors (Lipinski definition) is 0. The van der Waals surface area contributed by atoms with E-state index in [2.05, 4.69) is 25.7 Å². The predicted molar refractivity (Wildman–Crippen MR) is 103 cm³/mol. The maximum atomic E-state index is 12.8. The Hall–Kier alpha value is -2.81. The number of hydrogen-bond acceptors (Lipinski definition) is 6. The molecule has 0 atom stereocenters. The van der Waals surface area contributed by atoms with E-state index in [-0.39, 0.29) is 17.2 Å². The number of para-hydroxylation sites is 1. The average Bonchev–Trinajstić information content (AvgIpc) is 3.08. The molecule has 1 aliphatic heterocycles. The quantitative estimate of drug-likeness (QED) is 0.666. The van der Waals surface area contributed by atoms with Crippen molar-refractivity contribution < 1.29 is 18.3 Å². The molecule has 0 aliphatic carbocycles. The lowest BCUT2D eigenvalue weighted by atomic mass is 10.1. The molecule has 1 amide bonds. The predicted octanol–water partition coefficient (Wildman–Crippen LogP) is 3.56. The molecule has 6 nitrogen and oxygen atoms in total. The second-order valence-corrected chi connectivity index (χ2v) is 7.66. The molecule has 2 aromatic heterocycles. The first kappa shape index (κ1) is 18.5. The molecule has 0 N–H and O–H groups in total. The van der Waals surface area contributed by atoms with E-state index in [9.17, 15) is 13.6 Å². The molecule has 1 aliphatic rings.